The van der Waals surface area contributed by atoms with Crippen LogP contribution in [-0.2, 0) is 0 Å². The topological polar surface area (TPSA) is 42.0 Å². The number of carbonyl (C=O) groups is 1. The lowest BCUT2D eigenvalue weighted by Crippen LogP contribution is -2.10. The molecule has 1 aromatic heterocycles. The van der Waals surface area contributed by atoms with Gasteiger partial charge in [-0.05, 0) is 39.1 Å². The fourth-order valence-corrected chi connectivity index (χ4v) is 1.25. The molecule has 0 saturated carbocycles. The van der Waals surface area contributed by atoms with Crippen LogP contribution in [0.25, 0.3) is 0 Å². The van der Waals surface area contributed by atoms with Crippen molar-refractivity contribution in [3.05, 3.63) is 29.6 Å². The minimum atomic E-state index is 0.129. The van der Waals surface area contributed by atoms with Crippen LogP contribution in [0.4, 0.5) is 0 Å². The van der Waals surface area contributed by atoms with Crippen molar-refractivity contribution >= 4 is 5.78 Å². The molecule has 0 bridgehead atoms. The first-order chi connectivity index (χ1) is 6.74. The normalized spacial score (nSPS) is 10.1. The first-order valence-corrected chi connectivity index (χ1v) is 4.85. The molecule has 76 valence electrons. The van der Waals surface area contributed by atoms with Crippen molar-refractivity contribution < 1.29 is 4.79 Å². The average Bonchev–Trinajstić information content (AvgIpc) is 2.18. The van der Waals surface area contributed by atoms with Crippen LogP contribution in [0.2, 0.25) is 0 Å². The number of aromatic nitrogens is 1. The SMILES string of the molecule is CNCCCC(=O)c1cccc(C)n1. The molecule has 1 N–H and O–H groups in total. The molecule has 1 heterocycles. The largest absolute Gasteiger partial charge is 0.320 e. The van der Waals surface area contributed by atoms with Crippen molar-refractivity contribution in [3.63, 3.8) is 0 Å². The van der Waals surface area contributed by atoms with Gasteiger partial charge in [0.25, 0.3) is 0 Å². The maximum atomic E-state index is 11.6. The first kappa shape index (κ1) is 10.9. The summed E-state index contributed by atoms with van der Waals surface area (Å²) in [4.78, 5) is 15.8. The van der Waals surface area contributed by atoms with Crippen LogP contribution in [0.5, 0.6) is 0 Å². The highest BCUT2D eigenvalue weighted by atomic mass is 16.1. The smallest absolute Gasteiger partial charge is 0.181 e. The number of ketones is 1. The van der Waals surface area contributed by atoms with Crippen molar-refractivity contribution in [1.29, 1.82) is 0 Å². The first-order valence-electron chi connectivity index (χ1n) is 4.85. The summed E-state index contributed by atoms with van der Waals surface area (Å²) in [5.74, 6) is 0.129. The van der Waals surface area contributed by atoms with Gasteiger partial charge in [-0.15, -0.1) is 0 Å². The average molecular weight is 192 g/mol. The fourth-order valence-electron chi connectivity index (χ4n) is 1.25. The van der Waals surface area contributed by atoms with Gasteiger partial charge in [0.15, 0.2) is 5.78 Å². The van der Waals surface area contributed by atoms with Gasteiger partial charge in [0.2, 0.25) is 0 Å². The standard InChI is InChI=1S/C11H16N2O/c1-9-5-3-6-10(13-9)11(14)7-4-8-12-2/h3,5-6,12H,4,7-8H2,1-2H3. The number of nitrogens with one attached hydrogen (secondary N) is 1. The summed E-state index contributed by atoms with van der Waals surface area (Å²) in [6, 6.07) is 5.53. The number of hydrogen-bond donors (Lipinski definition) is 1. The van der Waals surface area contributed by atoms with Crippen LogP contribution in [0.15, 0.2) is 18.2 Å². The lowest BCUT2D eigenvalue weighted by atomic mass is 10.1. The molecule has 0 fully saturated rings. The monoisotopic (exact) mass is 192 g/mol. The van der Waals surface area contributed by atoms with Crippen molar-refractivity contribution in [3.8, 4) is 0 Å². The quantitative estimate of drug-likeness (QED) is 0.569. The molecule has 0 aromatic carbocycles. The molecule has 0 atom stereocenters. The zero-order valence-electron chi connectivity index (χ0n) is 8.71. The van der Waals surface area contributed by atoms with Gasteiger partial charge in [0, 0.05) is 12.1 Å². The molecule has 0 saturated heterocycles. The van der Waals surface area contributed by atoms with E-state index >= 15 is 0 Å². The van der Waals surface area contributed by atoms with Gasteiger partial charge >= 0.3 is 0 Å². The van der Waals surface area contributed by atoms with Crippen LogP contribution in [0.3, 0.4) is 0 Å². The Labute approximate surface area is 84.6 Å². The number of hydrogen-bond acceptors (Lipinski definition) is 3. The zero-order valence-corrected chi connectivity index (χ0v) is 8.71. The van der Waals surface area contributed by atoms with E-state index in [1.165, 1.54) is 0 Å². The second kappa shape index (κ2) is 5.50. The summed E-state index contributed by atoms with van der Waals surface area (Å²) in [5, 5.41) is 3.01. The Kier molecular flexibility index (Phi) is 4.26. The maximum Gasteiger partial charge on any atom is 0.181 e. The molecule has 0 aliphatic rings. The number of pyridine rings is 1. The van der Waals surface area contributed by atoms with E-state index in [2.05, 4.69) is 10.3 Å². The zero-order chi connectivity index (χ0) is 10.4. The summed E-state index contributed by atoms with van der Waals surface area (Å²) in [6.45, 7) is 2.77. The molecular weight excluding hydrogens is 176 g/mol. The molecule has 0 aliphatic carbocycles. The molecular formula is C11H16N2O. The Morgan fingerprint density at radius 2 is 2.29 bits per heavy atom. The lowest BCUT2D eigenvalue weighted by molar-refractivity contribution is 0.0975. The van der Waals surface area contributed by atoms with Crippen LogP contribution in [0, 0.1) is 6.92 Å². The molecule has 0 spiro atoms. The number of nitrogens with zero attached hydrogens (tertiary/aromatic N) is 1. The van der Waals surface area contributed by atoms with E-state index in [4.69, 9.17) is 0 Å². The van der Waals surface area contributed by atoms with Crippen LogP contribution < -0.4 is 5.32 Å². The molecule has 0 amide bonds. The number of carbonyl (C=O) groups excluding carboxylic acids is 1. The van der Waals surface area contributed by atoms with Gasteiger partial charge in [-0.2, -0.15) is 0 Å². The molecule has 3 heteroatoms. The highest BCUT2D eigenvalue weighted by Gasteiger charge is 2.05. The van der Waals surface area contributed by atoms with Gasteiger partial charge in [-0.3, -0.25) is 9.78 Å². The Morgan fingerprint density at radius 1 is 1.50 bits per heavy atom. The second-order valence-electron chi connectivity index (χ2n) is 3.29. The summed E-state index contributed by atoms with van der Waals surface area (Å²) in [7, 11) is 1.88. The third-order valence-corrected chi connectivity index (χ3v) is 2.00. The van der Waals surface area contributed by atoms with Crippen LogP contribution in [-0.4, -0.2) is 24.4 Å². The predicted octanol–water partition coefficient (Wildman–Crippen LogP) is 1.57. The molecule has 3 nitrogen and oxygen atoms in total. The Balaban J connectivity index is 2.52. The van der Waals surface area contributed by atoms with E-state index in [1.807, 2.05) is 26.1 Å². The van der Waals surface area contributed by atoms with E-state index in [0.717, 1.165) is 18.7 Å². The van der Waals surface area contributed by atoms with E-state index in [0.29, 0.717) is 12.1 Å². The van der Waals surface area contributed by atoms with E-state index in [1.54, 1.807) is 6.07 Å². The third kappa shape index (κ3) is 3.26. The molecule has 0 radical (unpaired) electrons. The number of rotatable bonds is 5. The third-order valence-electron chi connectivity index (χ3n) is 2.00. The highest BCUT2D eigenvalue weighted by molar-refractivity contribution is 5.94. The summed E-state index contributed by atoms with van der Waals surface area (Å²) < 4.78 is 0. The Bertz CT molecular complexity index is 310. The summed E-state index contributed by atoms with van der Waals surface area (Å²) >= 11 is 0. The van der Waals surface area contributed by atoms with E-state index in [-0.39, 0.29) is 5.78 Å². The molecule has 0 unspecified atom stereocenters. The summed E-state index contributed by atoms with van der Waals surface area (Å²) in [5.41, 5.74) is 1.48. The fraction of sp³-hybridized carbons (Fsp3) is 0.455. The maximum absolute atomic E-state index is 11.6. The van der Waals surface area contributed by atoms with Crippen LogP contribution >= 0.6 is 0 Å². The minimum Gasteiger partial charge on any atom is -0.320 e. The van der Waals surface area contributed by atoms with Crippen molar-refractivity contribution in [2.75, 3.05) is 13.6 Å². The minimum absolute atomic E-state index is 0.129. The predicted molar refractivity (Wildman–Crippen MR) is 56.5 cm³/mol. The molecule has 14 heavy (non-hydrogen) atoms. The van der Waals surface area contributed by atoms with E-state index < -0.39 is 0 Å². The Morgan fingerprint density at radius 3 is 2.93 bits per heavy atom. The Hall–Kier alpha value is -1.22. The molecule has 1 rings (SSSR count). The van der Waals surface area contributed by atoms with Gasteiger partial charge in [0.05, 0.1) is 0 Å². The van der Waals surface area contributed by atoms with E-state index in [9.17, 15) is 4.79 Å². The number of aryl methyl sites for hydroxylation is 1. The van der Waals surface area contributed by atoms with Gasteiger partial charge in [0.1, 0.15) is 5.69 Å². The van der Waals surface area contributed by atoms with Crippen molar-refractivity contribution in [1.82, 2.24) is 10.3 Å². The van der Waals surface area contributed by atoms with Crippen molar-refractivity contribution in [2.45, 2.75) is 19.8 Å². The highest BCUT2D eigenvalue weighted by Crippen LogP contribution is 2.03. The molecule has 0 aliphatic heterocycles. The van der Waals surface area contributed by atoms with Gasteiger partial charge in [-0.1, -0.05) is 6.07 Å². The molecule has 1 aromatic rings. The second-order valence-corrected chi connectivity index (χ2v) is 3.29. The van der Waals surface area contributed by atoms with Gasteiger partial charge < -0.3 is 5.32 Å². The number of Topliss-reactive ketones (excluding diaryl/α,β-unsaturated/α-hetero) is 1. The van der Waals surface area contributed by atoms with Crippen molar-refractivity contribution in [2.24, 2.45) is 0 Å². The van der Waals surface area contributed by atoms with Crippen LogP contribution in [0.1, 0.15) is 29.0 Å². The van der Waals surface area contributed by atoms with Gasteiger partial charge in [-0.25, -0.2) is 0 Å². The lowest BCUT2D eigenvalue weighted by Gasteiger charge is -2.00. The summed E-state index contributed by atoms with van der Waals surface area (Å²) in [6.07, 6.45) is 1.43.